The number of carbonyl (C=O) groups is 1. The minimum Gasteiger partial charge on any atom is -0.378 e. The van der Waals surface area contributed by atoms with E-state index in [0.717, 1.165) is 28.4 Å². The van der Waals surface area contributed by atoms with Crippen LogP contribution in [-0.4, -0.2) is 28.9 Å². The van der Waals surface area contributed by atoms with E-state index in [0.29, 0.717) is 12.1 Å². The smallest absolute Gasteiger partial charge is 0.263 e. The Labute approximate surface area is 115 Å². The highest BCUT2D eigenvalue weighted by molar-refractivity contribution is 7.10. The molecule has 0 fully saturated rings. The lowest BCUT2D eigenvalue weighted by atomic mass is 10.2. The van der Waals surface area contributed by atoms with Gasteiger partial charge in [-0.05, 0) is 36.5 Å². The molecule has 6 heteroatoms. The van der Waals surface area contributed by atoms with Gasteiger partial charge in [-0.3, -0.25) is 9.78 Å². The highest BCUT2D eigenvalue weighted by Crippen LogP contribution is 2.32. The van der Waals surface area contributed by atoms with Gasteiger partial charge >= 0.3 is 0 Å². The summed E-state index contributed by atoms with van der Waals surface area (Å²) in [7, 11) is 1.81. The van der Waals surface area contributed by atoms with Gasteiger partial charge in [0.05, 0.1) is 16.9 Å². The Hall–Kier alpha value is -1.95. The first-order chi connectivity index (χ1) is 9.22. The van der Waals surface area contributed by atoms with Crippen molar-refractivity contribution in [3.63, 3.8) is 0 Å². The third kappa shape index (κ3) is 1.88. The largest absolute Gasteiger partial charge is 0.378 e. The van der Waals surface area contributed by atoms with Crippen molar-refractivity contribution in [2.45, 2.75) is 13.3 Å². The molecule has 5 nitrogen and oxygen atoms in total. The summed E-state index contributed by atoms with van der Waals surface area (Å²) >= 11 is 1.32. The van der Waals surface area contributed by atoms with Gasteiger partial charge in [0.25, 0.3) is 5.91 Å². The summed E-state index contributed by atoms with van der Waals surface area (Å²) in [4.78, 5) is 18.6. The number of carbonyl (C=O) groups excluding carboxylic acids is 1. The second-order valence-electron chi connectivity index (χ2n) is 4.43. The summed E-state index contributed by atoms with van der Waals surface area (Å²) < 4.78 is 4.26. The molecule has 0 radical (unpaired) electrons. The number of fused-ring (bicyclic) bond motifs is 1. The number of anilines is 2. The van der Waals surface area contributed by atoms with E-state index in [1.807, 2.05) is 31.1 Å². The third-order valence-electron chi connectivity index (χ3n) is 3.32. The van der Waals surface area contributed by atoms with Crippen LogP contribution in [0.1, 0.15) is 21.6 Å². The summed E-state index contributed by atoms with van der Waals surface area (Å²) in [6.07, 6.45) is 4.42. The van der Waals surface area contributed by atoms with Crippen LogP contribution >= 0.6 is 11.5 Å². The van der Waals surface area contributed by atoms with Gasteiger partial charge in [0.15, 0.2) is 0 Å². The first-order valence-corrected chi connectivity index (χ1v) is 6.88. The minimum atomic E-state index is 0.0144. The Morgan fingerprint density at radius 3 is 3.16 bits per heavy atom. The molecular weight excluding hydrogens is 260 g/mol. The van der Waals surface area contributed by atoms with Crippen LogP contribution in [0.25, 0.3) is 0 Å². The Bertz CT molecular complexity index is 637. The number of pyridine rings is 1. The topological polar surface area (TPSA) is 58.1 Å². The molecule has 2 aromatic heterocycles. The van der Waals surface area contributed by atoms with Gasteiger partial charge in [0.2, 0.25) is 0 Å². The molecule has 0 aliphatic carbocycles. The first-order valence-electron chi connectivity index (χ1n) is 6.11. The molecule has 0 saturated heterocycles. The standard InChI is InChI=1S/C13H14N4OS/c1-8-11(12(14-2)19-16-8)13(18)17-6-4-9-7-15-5-3-10(9)17/h3,5,7,14H,4,6H2,1-2H3. The second-order valence-corrected chi connectivity index (χ2v) is 5.21. The Balaban J connectivity index is 2.00. The summed E-state index contributed by atoms with van der Waals surface area (Å²) in [6.45, 7) is 2.58. The maximum Gasteiger partial charge on any atom is 0.263 e. The third-order valence-corrected chi connectivity index (χ3v) is 4.28. The SMILES string of the molecule is CNc1snc(C)c1C(=O)N1CCc2cnccc21. The lowest BCUT2D eigenvalue weighted by Gasteiger charge is -2.17. The van der Waals surface area contributed by atoms with Gasteiger partial charge in [-0.2, -0.15) is 4.37 Å². The van der Waals surface area contributed by atoms with E-state index >= 15 is 0 Å². The maximum absolute atomic E-state index is 12.7. The van der Waals surface area contributed by atoms with Gasteiger partial charge in [0, 0.05) is 26.0 Å². The van der Waals surface area contributed by atoms with E-state index in [9.17, 15) is 4.79 Å². The van der Waals surface area contributed by atoms with Crippen molar-refractivity contribution in [2.75, 3.05) is 23.8 Å². The van der Waals surface area contributed by atoms with Crippen molar-refractivity contribution in [1.82, 2.24) is 9.36 Å². The van der Waals surface area contributed by atoms with Crippen LogP contribution in [0.3, 0.4) is 0 Å². The number of aromatic nitrogens is 2. The average molecular weight is 274 g/mol. The summed E-state index contributed by atoms with van der Waals surface area (Å²) in [5, 5.41) is 3.86. The summed E-state index contributed by atoms with van der Waals surface area (Å²) in [5.41, 5.74) is 3.55. The number of rotatable bonds is 2. The summed E-state index contributed by atoms with van der Waals surface area (Å²) in [5.74, 6) is 0.0144. The van der Waals surface area contributed by atoms with Crippen LogP contribution in [0.4, 0.5) is 10.7 Å². The number of aryl methyl sites for hydroxylation is 1. The fourth-order valence-corrected chi connectivity index (χ4v) is 3.10. The van der Waals surface area contributed by atoms with Crippen LogP contribution in [0.2, 0.25) is 0 Å². The Morgan fingerprint density at radius 1 is 1.53 bits per heavy atom. The second kappa shape index (κ2) is 4.62. The van der Waals surface area contributed by atoms with Crippen molar-refractivity contribution in [2.24, 2.45) is 0 Å². The lowest BCUT2D eigenvalue weighted by Crippen LogP contribution is -2.29. The predicted octanol–water partition coefficient (Wildman–Crippen LogP) is 2.09. The monoisotopic (exact) mass is 274 g/mol. The molecule has 0 spiro atoms. The van der Waals surface area contributed by atoms with Crippen LogP contribution in [0.5, 0.6) is 0 Å². The van der Waals surface area contributed by atoms with E-state index in [2.05, 4.69) is 14.7 Å². The van der Waals surface area contributed by atoms with E-state index in [1.165, 1.54) is 11.5 Å². The van der Waals surface area contributed by atoms with Crippen LogP contribution < -0.4 is 10.2 Å². The molecule has 98 valence electrons. The molecule has 1 amide bonds. The molecule has 0 atom stereocenters. The molecular formula is C13H14N4OS. The maximum atomic E-state index is 12.7. The van der Waals surface area contributed by atoms with Gasteiger partial charge in [-0.15, -0.1) is 0 Å². The number of hydrogen-bond donors (Lipinski definition) is 1. The molecule has 3 heterocycles. The van der Waals surface area contributed by atoms with Crippen molar-refractivity contribution in [3.05, 3.63) is 35.3 Å². The van der Waals surface area contributed by atoms with Gasteiger partial charge in [-0.1, -0.05) is 0 Å². The highest BCUT2D eigenvalue weighted by Gasteiger charge is 2.29. The minimum absolute atomic E-state index is 0.0144. The molecule has 0 bridgehead atoms. The molecule has 19 heavy (non-hydrogen) atoms. The first kappa shape index (κ1) is 12.1. The zero-order valence-electron chi connectivity index (χ0n) is 10.8. The van der Waals surface area contributed by atoms with E-state index < -0.39 is 0 Å². The Kier molecular flexibility index (Phi) is 2.94. The number of hydrogen-bond acceptors (Lipinski definition) is 5. The fraction of sp³-hybridized carbons (Fsp3) is 0.308. The lowest BCUT2D eigenvalue weighted by molar-refractivity contribution is 0.0989. The quantitative estimate of drug-likeness (QED) is 0.911. The predicted molar refractivity (Wildman–Crippen MR) is 76.0 cm³/mol. The fourth-order valence-electron chi connectivity index (χ4n) is 2.37. The van der Waals surface area contributed by atoms with Gasteiger partial charge in [0.1, 0.15) is 5.00 Å². The number of amides is 1. The van der Waals surface area contributed by atoms with Crippen LogP contribution in [-0.2, 0) is 6.42 Å². The molecule has 0 unspecified atom stereocenters. The molecule has 0 aromatic carbocycles. The molecule has 3 rings (SSSR count). The molecule has 1 N–H and O–H groups in total. The van der Waals surface area contributed by atoms with Crippen LogP contribution in [0, 0.1) is 6.92 Å². The van der Waals surface area contributed by atoms with Crippen LogP contribution in [0.15, 0.2) is 18.5 Å². The van der Waals surface area contributed by atoms with Crippen molar-refractivity contribution >= 4 is 28.1 Å². The normalized spacial score (nSPS) is 13.5. The summed E-state index contributed by atoms with van der Waals surface area (Å²) in [6, 6.07) is 1.90. The van der Waals surface area contributed by atoms with Crippen molar-refractivity contribution < 1.29 is 4.79 Å². The number of nitrogens with one attached hydrogen (secondary N) is 1. The number of nitrogens with zero attached hydrogens (tertiary/aromatic N) is 3. The van der Waals surface area contributed by atoms with Crippen molar-refractivity contribution in [1.29, 1.82) is 0 Å². The van der Waals surface area contributed by atoms with Gasteiger partial charge in [-0.25, -0.2) is 0 Å². The van der Waals surface area contributed by atoms with E-state index in [4.69, 9.17) is 0 Å². The zero-order valence-corrected chi connectivity index (χ0v) is 11.6. The Morgan fingerprint density at radius 2 is 2.37 bits per heavy atom. The van der Waals surface area contributed by atoms with Crippen molar-refractivity contribution in [3.8, 4) is 0 Å². The molecule has 1 aliphatic rings. The zero-order chi connectivity index (χ0) is 13.4. The van der Waals surface area contributed by atoms with Gasteiger partial charge < -0.3 is 10.2 Å². The van der Waals surface area contributed by atoms with E-state index in [-0.39, 0.29) is 5.91 Å². The molecule has 2 aromatic rings. The average Bonchev–Trinajstić information content (AvgIpc) is 3.01. The van der Waals surface area contributed by atoms with E-state index in [1.54, 1.807) is 6.20 Å². The highest BCUT2D eigenvalue weighted by atomic mass is 32.1. The molecule has 1 aliphatic heterocycles. The molecule has 0 saturated carbocycles.